The number of benzene rings is 1. The molecule has 0 aliphatic carbocycles. The Balaban J connectivity index is 2.63. The van der Waals surface area contributed by atoms with Crippen LogP contribution in [0.3, 0.4) is 0 Å². The molecule has 0 aliphatic rings. The monoisotopic (exact) mass is 206 g/mol. The van der Waals surface area contributed by atoms with Crippen molar-refractivity contribution in [1.29, 1.82) is 0 Å². The van der Waals surface area contributed by atoms with E-state index in [1.54, 1.807) is 30.6 Å². The fourth-order valence-electron chi connectivity index (χ4n) is 1.23. The van der Waals surface area contributed by atoms with E-state index in [0.29, 0.717) is 16.1 Å². The molecular formula is C10H7ClN2O. The highest BCUT2D eigenvalue weighted by atomic mass is 35.5. The quantitative estimate of drug-likeness (QED) is 0.780. The van der Waals surface area contributed by atoms with Crippen molar-refractivity contribution < 1.29 is 5.11 Å². The van der Waals surface area contributed by atoms with Crippen molar-refractivity contribution in [3.05, 3.63) is 41.9 Å². The second kappa shape index (κ2) is 3.64. The molecule has 0 unspecified atom stereocenters. The number of rotatable bonds is 1. The summed E-state index contributed by atoms with van der Waals surface area (Å²) in [7, 11) is 0. The van der Waals surface area contributed by atoms with E-state index in [9.17, 15) is 5.11 Å². The van der Waals surface area contributed by atoms with E-state index >= 15 is 0 Å². The Labute approximate surface area is 86.0 Å². The molecule has 0 atom stereocenters. The van der Waals surface area contributed by atoms with Crippen molar-refractivity contribution >= 4 is 11.6 Å². The maximum absolute atomic E-state index is 9.60. The molecule has 4 heteroatoms. The van der Waals surface area contributed by atoms with Crippen molar-refractivity contribution in [1.82, 2.24) is 9.97 Å². The van der Waals surface area contributed by atoms with Crippen LogP contribution in [0.4, 0.5) is 0 Å². The average molecular weight is 207 g/mol. The van der Waals surface area contributed by atoms with Gasteiger partial charge in [-0.25, -0.2) is 9.97 Å². The Kier molecular flexibility index (Phi) is 2.33. The highest BCUT2D eigenvalue weighted by Crippen LogP contribution is 2.34. The summed E-state index contributed by atoms with van der Waals surface area (Å²) < 4.78 is 0. The molecule has 0 saturated carbocycles. The third-order valence-electron chi connectivity index (χ3n) is 1.84. The second-order valence-corrected chi connectivity index (χ2v) is 3.17. The van der Waals surface area contributed by atoms with E-state index < -0.39 is 0 Å². The standard InChI is InChI=1S/C10H7ClN2O/c11-8-2-1-3-9(14)10(8)7-4-12-6-13-5-7/h1-6,14H. The van der Waals surface area contributed by atoms with Gasteiger partial charge in [0.15, 0.2) is 0 Å². The Morgan fingerprint density at radius 3 is 2.50 bits per heavy atom. The summed E-state index contributed by atoms with van der Waals surface area (Å²) in [5, 5.41) is 10.1. The number of hydrogen-bond acceptors (Lipinski definition) is 3. The fourth-order valence-corrected chi connectivity index (χ4v) is 1.51. The van der Waals surface area contributed by atoms with Gasteiger partial charge in [0.05, 0.1) is 5.02 Å². The van der Waals surface area contributed by atoms with E-state index in [4.69, 9.17) is 11.6 Å². The predicted octanol–water partition coefficient (Wildman–Crippen LogP) is 2.50. The molecule has 0 amide bonds. The van der Waals surface area contributed by atoms with Gasteiger partial charge in [0, 0.05) is 23.5 Å². The SMILES string of the molecule is Oc1cccc(Cl)c1-c1cncnc1. The molecule has 3 nitrogen and oxygen atoms in total. The zero-order valence-electron chi connectivity index (χ0n) is 7.18. The number of phenolic OH excluding ortho intramolecular Hbond substituents is 1. The Bertz CT molecular complexity index is 425. The normalized spacial score (nSPS) is 10.1. The first-order valence-corrected chi connectivity index (χ1v) is 4.39. The minimum atomic E-state index is 0.132. The smallest absolute Gasteiger partial charge is 0.125 e. The summed E-state index contributed by atoms with van der Waals surface area (Å²) in [5.74, 6) is 0.132. The summed E-state index contributed by atoms with van der Waals surface area (Å²) in [6.45, 7) is 0. The van der Waals surface area contributed by atoms with Crippen LogP contribution in [0, 0.1) is 0 Å². The Hall–Kier alpha value is -1.61. The first-order chi connectivity index (χ1) is 6.79. The second-order valence-electron chi connectivity index (χ2n) is 2.76. The Morgan fingerprint density at radius 2 is 1.86 bits per heavy atom. The van der Waals surface area contributed by atoms with Crippen LogP contribution >= 0.6 is 11.6 Å². The first kappa shape index (κ1) is 8.97. The zero-order valence-corrected chi connectivity index (χ0v) is 7.94. The average Bonchev–Trinajstić information content (AvgIpc) is 2.19. The summed E-state index contributed by atoms with van der Waals surface area (Å²) >= 11 is 5.95. The molecule has 1 N–H and O–H groups in total. The van der Waals surface area contributed by atoms with E-state index in [1.165, 1.54) is 6.33 Å². The Morgan fingerprint density at radius 1 is 1.14 bits per heavy atom. The van der Waals surface area contributed by atoms with Gasteiger partial charge in [-0.1, -0.05) is 17.7 Å². The van der Waals surface area contributed by atoms with Crippen molar-refractivity contribution in [2.75, 3.05) is 0 Å². The molecule has 2 rings (SSSR count). The molecule has 70 valence electrons. The molecular weight excluding hydrogens is 200 g/mol. The topological polar surface area (TPSA) is 46.0 Å². The highest BCUT2D eigenvalue weighted by molar-refractivity contribution is 6.33. The third kappa shape index (κ3) is 1.54. The van der Waals surface area contributed by atoms with Crippen molar-refractivity contribution in [2.45, 2.75) is 0 Å². The zero-order chi connectivity index (χ0) is 9.97. The first-order valence-electron chi connectivity index (χ1n) is 4.02. The maximum Gasteiger partial charge on any atom is 0.125 e. The molecule has 0 fully saturated rings. The van der Waals surface area contributed by atoms with Gasteiger partial charge < -0.3 is 5.11 Å². The van der Waals surface area contributed by atoms with Gasteiger partial charge in [0.25, 0.3) is 0 Å². The van der Waals surface area contributed by atoms with Crippen LogP contribution in [0.5, 0.6) is 5.75 Å². The number of halogens is 1. The number of phenols is 1. The molecule has 2 aromatic rings. The van der Waals surface area contributed by atoms with E-state index in [-0.39, 0.29) is 5.75 Å². The molecule has 0 radical (unpaired) electrons. The van der Waals surface area contributed by atoms with Crippen LogP contribution in [0.25, 0.3) is 11.1 Å². The predicted molar refractivity (Wildman–Crippen MR) is 54.1 cm³/mol. The minimum absolute atomic E-state index is 0.132. The van der Waals surface area contributed by atoms with E-state index in [1.807, 2.05) is 0 Å². The summed E-state index contributed by atoms with van der Waals surface area (Å²) in [6, 6.07) is 4.97. The molecule has 0 saturated heterocycles. The van der Waals surface area contributed by atoms with Crippen LogP contribution in [0.15, 0.2) is 36.9 Å². The lowest BCUT2D eigenvalue weighted by atomic mass is 10.1. The van der Waals surface area contributed by atoms with Gasteiger partial charge >= 0.3 is 0 Å². The fraction of sp³-hybridized carbons (Fsp3) is 0. The van der Waals surface area contributed by atoms with Gasteiger partial charge in [-0.05, 0) is 12.1 Å². The lowest BCUT2D eigenvalue weighted by molar-refractivity contribution is 0.477. The van der Waals surface area contributed by atoms with Crippen LogP contribution in [0.1, 0.15) is 0 Å². The molecule has 1 heterocycles. The van der Waals surface area contributed by atoms with Crippen molar-refractivity contribution in [3.8, 4) is 16.9 Å². The van der Waals surface area contributed by atoms with Crippen molar-refractivity contribution in [2.24, 2.45) is 0 Å². The number of aromatic nitrogens is 2. The lowest BCUT2D eigenvalue weighted by Gasteiger charge is -2.05. The van der Waals surface area contributed by atoms with Crippen LogP contribution in [0.2, 0.25) is 5.02 Å². The van der Waals surface area contributed by atoms with Gasteiger partial charge in [0.2, 0.25) is 0 Å². The third-order valence-corrected chi connectivity index (χ3v) is 2.16. The summed E-state index contributed by atoms with van der Waals surface area (Å²) in [5.41, 5.74) is 1.27. The molecule has 0 bridgehead atoms. The summed E-state index contributed by atoms with van der Waals surface area (Å²) in [6.07, 6.45) is 4.64. The maximum atomic E-state index is 9.60. The summed E-state index contributed by atoms with van der Waals surface area (Å²) in [4.78, 5) is 7.72. The number of hydrogen-bond donors (Lipinski definition) is 1. The molecule has 1 aromatic heterocycles. The van der Waals surface area contributed by atoms with Crippen LogP contribution < -0.4 is 0 Å². The molecule has 0 aliphatic heterocycles. The molecule has 1 aromatic carbocycles. The minimum Gasteiger partial charge on any atom is -0.507 e. The number of aromatic hydroxyl groups is 1. The van der Waals surface area contributed by atoms with E-state index in [0.717, 1.165) is 0 Å². The van der Waals surface area contributed by atoms with Crippen molar-refractivity contribution in [3.63, 3.8) is 0 Å². The van der Waals surface area contributed by atoms with Gasteiger partial charge in [0.1, 0.15) is 12.1 Å². The van der Waals surface area contributed by atoms with Crippen LogP contribution in [-0.4, -0.2) is 15.1 Å². The molecule has 14 heavy (non-hydrogen) atoms. The van der Waals surface area contributed by atoms with Crippen LogP contribution in [-0.2, 0) is 0 Å². The number of nitrogens with zero attached hydrogens (tertiary/aromatic N) is 2. The van der Waals surface area contributed by atoms with E-state index in [2.05, 4.69) is 9.97 Å². The van der Waals surface area contributed by atoms with Gasteiger partial charge in [-0.3, -0.25) is 0 Å². The largest absolute Gasteiger partial charge is 0.507 e. The van der Waals surface area contributed by atoms with Gasteiger partial charge in [-0.2, -0.15) is 0 Å². The highest BCUT2D eigenvalue weighted by Gasteiger charge is 2.08. The van der Waals surface area contributed by atoms with Gasteiger partial charge in [-0.15, -0.1) is 0 Å². The lowest BCUT2D eigenvalue weighted by Crippen LogP contribution is -1.83. The molecule has 0 spiro atoms.